The predicted octanol–water partition coefficient (Wildman–Crippen LogP) is 4.76. The van der Waals surface area contributed by atoms with Gasteiger partial charge in [-0.3, -0.25) is 19.3 Å². The molecule has 4 unspecified atom stereocenters. The molecule has 2 aromatic carbocycles. The first kappa shape index (κ1) is 25.4. The molecule has 192 valence electrons. The molecular formula is C29H29BrN2O5. The van der Waals surface area contributed by atoms with E-state index < -0.39 is 27.2 Å². The van der Waals surface area contributed by atoms with Crippen LogP contribution in [0.25, 0.3) is 11.1 Å². The molecular weight excluding hydrogens is 536 g/mol. The molecule has 8 heteroatoms. The Labute approximate surface area is 224 Å². The molecule has 2 fully saturated rings. The van der Waals surface area contributed by atoms with Crippen LogP contribution in [0.4, 0.5) is 4.79 Å². The Morgan fingerprint density at radius 3 is 2.05 bits per heavy atom. The van der Waals surface area contributed by atoms with Gasteiger partial charge in [-0.1, -0.05) is 76.6 Å². The molecule has 1 saturated carbocycles. The maximum absolute atomic E-state index is 14.3. The molecule has 5 rings (SSSR count). The van der Waals surface area contributed by atoms with E-state index in [1.54, 1.807) is 0 Å². The van der Waals surface area contributed by atoms with Gasteiger partial charge in [0.1, 0.15) is 4.32 Å². The van der Waals surface area contributed by atoms with Crippen molar-refractivity contribution >= 4 is 50.8 Å². The van der Waals surface area contributed by atoms with Gasteiger partial charge in [0.25, 0.3) is 0 Å². The molecule has 0 spiro atoms. The first-order chi connectivity index (χ1) is 17.6. The number of alkyl halides is 1. The second-order valence-corrected chi connectivity index (χ2v) is 11.6. The van der Waals surface area contributed by atoms with E-state index in [-0.39, 0.29) is 24.1 Å². The monoisotopic (exact) mass is 564 g/mol. The van der Waals surface area contributed by atoms with Crippen molar-refractivity contribution in [3.63, 3.8) is 0 Å². The van der Waals surface area contributed by atoms with Gasteiger partial charge in [0, 0.05) is 13.1 Å². The van der Waals surface area contributed by atoms with Gasteiger partial charge >= 0.3 is 6.09 Å². The molecule has 37 heavy (non-hydrogen) atoms. The maximum Gasteiger partial charge on any atom is 0.404 e. The largest absolute Gasteiger partial charge is 0.465 e. The average molecular weight is 565 g/mol. The summed E-state index contributed by atoms with van der Waals surface area (Å²) in [5.74, 6) is -1.67. The van der Waals surface area contributed by atoms with Crippen LogP contribution in [0.3, 0.4) is 0 Å². The molecule has 4 atom stereocenters. The Kier molecular flexibility index (Phi) is 6.14. The highest BCUT2D eigenvalue weighted by atomic mass is 79.9. The van der Waals surface area contributed by atoms with Gasteiger partial charge in [-0.2, -0.15) is 0 Å². The van der Waals surface area contributed by atoms with Gasteiger partial charge in [0.15, 0.2) is 5.78 Å². The van der Waals surface area contributed by atoms with Crippen molar-refractivity contribution in [2.75, 3.05) is 13.1 Å². The van der Waals surface area contributed by atoms with E-state index in [4.69, 9.17) is 5.11 Å². The van der Waals surface area contributed by atoms with Crippen LogP contribution in [0.5, 0.6) is 0 Å². The van der Waals surface area contributed by atoms with Crippen LogP contribution in [0.1, 0.15) is 44.2 Å². The van der Waals surface area contributed by atoms with E-state index in [1.807, 2.05) is 74.5 Å². The summed E-state index contributed by atoms with van der Waals surface area (Å²) in [7, 11) is 0. The van der Waals surface area contributed by atoms with Gasteiger partial charge in [-0.15, -0.1) is 0 Å². The second kappa shape index (κ2) is 8.94. The van der Waals surface area contributed by atoms with Crippen LogP contribution >= 0.6 is 15.9 Å². The lowest BCUT2D eigenvalue weighted by Gasteiger charge is -2.41. The van der Waals surface area contributed by atoms with Gasteiger partial charge in [0.2, 0.25) is 11.8 Å². The third-order valence-electron chi connectivity index (χ3n) is 8.43. The van der Waals surface area contributed by atoms with E-state index >= 15 is 0 Å². The number of benzene rings is 2. The number of hydrogen-bond donors (Lipinski definition) is 2. The van der Waals surface area contributed by atoms with E-state index in [1.165, 1.54) is 4.90 Å². The van der Waals surface area contributed by atoms with Crippen LogP contribution in [0.15, 0.2) is 60.7 Å². The number of carboxylic acid groups (broad SMARTS) is 1. The SMILES string of the molecule is CC12C(=O)C(C)(C(c3ccccc3)=C1c1ccccc1)C1(Br)C(=O)N(CCCCCNC(=O)O)C(=O)C21. The molecule has 1 heterocycles. The summed E-state index contributed by atoms with van der Waals surface area (Å²) in [6.45, 7) is 4.19. The zero-order valence-corrected chi connectivity index (χ0v) is 22.4. The van der Waals surface area contributed by atoms with Crippen molar-refractivity contribution in [1.29, 1.82) is 0 Å². The number of amides is 3. The number of unbranched alkanes of at least 4 members (excludes halogenated alkanes) is 2. The summed E-state index contributed by atoms with van der Waals surface area (Å²) in [6, 6.07) is 19.3. The number of carbonyl (C=O) groups excluding carboxylic acids is 3. The van der Waals surface area contributed by atoms with Crippen molar-refractivity contribution in [2.45, 2.75) is 37.4 Å². The maximum atomic E-state index is 14.3. The average Bonchev–Trinajstić information content (AvgIpc) is 3.27. The number of halogens is 1. The zero-order chi connectivity index (χ0) is 26.6. The minimum absolute atomic E-state index is 0.110. The van der Waals surface area contributed by atoms with Crippen molar-refractivity contribution < 1.29 is 24.3 Å². The number of carbonyl (C=O) groups is 4. The normalized spacial score (nSPS) is 30.3. The highest BCUT2D eigenvalue weighted by Crippen LogP contribution is 2.77. The lowest BCUT2D eigenvalue weighted by atomic mass is 9.63. The van der Waals surface area contributed by atoms with Gasteiger partial charge in [0.05, 0.1) is 16.7 Å². The summed E-state index contributed by atoms with van der Waals surface area (Å²) in [5.41, 5.74) is 0.920. The minimum Gasteiger partial charge on any atom is -0.465 e. The predicted molar refractivity (Wildman–Crippen MR) is 143 cm³/mol. The van der Waals surface area contributed by atoms with Crippen molar-refractivity contribution in [1.82, 2.24) is 10.2 Å². The molecule has 2 N–H and O–H groups in total. The fourth-order valence-electron chi connectivity index (χ4n) is 6.84. The quantitative estimate of drug-likeness (QED) is 0.273. The summed E-state index contributed by atoms with van der Waals surface area (Å²) >= 11 is 3.75. The molecule has 3 aliphatic rings. The standard InChI is InChI=1S/C29H29BrN2O5/c1-27-20(18-12-6-3-7-13-18)21(19-14-8-4-9-15-19)28(2,24(27)34)29(30)22(27)23(33)32(25(29)35)17-11-5-10-16-31-26(36)37/h3-4,6-9,12-15,22,31H,5,10-11,16-17H2,1-2H3,(H,36,37). The fraction of sp³-hybridized carbons (Fsp3) is 0.379. The number of hydrogen-bond acceptors (Lipinski definition) is 4. The number of imide groups is 1. The molecule has 7 nitrogen and oxygen atoms in total. The third kappa shape index (κ3) is 3.31. The Morgan fingerprint density at radius 2 is 1.49 bits per heavy atom. The van der Waals surface area contributed by atoms with Gasteiger partial charge in [-0.05, 0) is 55.4 Å². The number of nitrogens with zero attached hydrogens (tertiary/aromatic N) is 1. The number of ketones is 1. The van der Waals surface area contributed by atoms with E-state index in [0.29, 0.717) is 25.8 Å². The Hall–Kier alpha value is -3.26. The van der Waals surface area contributed by atoms with Gasteiger partial charge in [-0.25, -0.2) is 4.79 Å². The number of rotatable bonds is 8. The molecule has 2 bridgehead atoms. The van der Waals surface area contributed by atoms with Crippen LogP contribution in [-0.4, -0.2) is 51.1 Å². The highest BCUT2D eigenvalue weighted by Gasteiger charge is 2.85. The topological polar surface area (TPSA) is 104 Å². The Balaban J connectivity index is 1.57. The van der Waals surface area contributed by atoms with Crippen molar-refractivity contribution in [2.24, 2.45) is 16.7 Å². The number of allylic oxidation sites excluding steroid dienone is 2. The molecule has 2 aliphatic carbocycles. The summed E-state index contributed by atoms with van der Waals surface area (Å²) in [4.78, 5) is 54.2. The van der Waals surface area contributed by atoms with Crippen LogP contribution in [0, 0.1) is 16.7 Å². The molecule has 1 aliphatic heterocycles. The summed E-state index contributed by atoms with van der Waals surface area (Å²) < 4.78 is -1.38. The summed E-state index contributed by atoms with van der Waals surface area (Å²) in [6.07, 6.45) is 0.752. The number of likely N-dealkylation sites (tertiary alicyclic amines) is 1. The molecule has 3 amide bonds. The van der Waals surface area contributed by atoms with E-state index in [9.17, 15) is 19.2 Å². The smallest absolute Gasteiger partial charge is 0.404 e. The molecule has 0 aromatic heterocycles. The zero-order valence-electron chi connectivity index (χ0n) is 20.8. The third-order valence-corrected chi connectivity index (χ3v) is 10.0. The Morgan fingerprint density at radius 1 is 0.919 bits per heavy atom. The van der Waals surface area contributed by atoms with E-state index in [2.05, 4.69) is 21.2 Å². The lowest BCUT2D eigenvalue weighted by Crippen LogP contribution is -2.50. The second-order valence-electron chi connectivity index (χ2n) is 10.4. The lowest BCUT2D eigenvalue weighted by molar-refractivity contribution is -0.144. The molecule has 2 aromatic rings. The van der Waals surface area contributed by atoms with Crippen LogP contribution < -0.4 is 5.32 Å². The first-order valence-electron chi connectivity index (χ1n) is 12.5. The Bertz CT molecular complexity index is 1330. The van der Waals surface area contributed by atoms with Crippen molar-refractivity contribution in [3.8, 4) is 0 Å². The van der Waals surface area contributed by atoms with Crippen LogP contribution in [-0.2, 0) is 14.4 Å². The molecule has 0 radical (unpaired) electrons. The van der Waals surface area contributed by atoms with E-state index in [0.717, 1.165) is 22.3 Å². The number of Topliss-reactive ketones (excluding diaryl/α,β-unsaturated/α-hetero) is 1. The van der Waals surface area contributed by atoms with Crippen molar-refractivity contribution in [3.05, 3.63) is 71.8 Å². The minimum atomic E-state index is -1.38. The number of nitrogens with one attached hydrogen (secondary N) is 1. The van der Waals surface area contributed by atoms with Crippen LogP contribution in [0.2, 0.25) is 0 Å². The fourth-order valence-corrected chi connectivity index (χ4v) is 8.08. The molecule has 1 saturated heterocycles. The highest BCUT2D eigenvalue weighted by molar-refractivity contribution is 9.10. The number of fused-ring (bicyclic) bond motifs is 5. The van der Waals surface area contributed by atoms with Gasteiger partial charge < -0.3 is 10.4 Å². The first-order valence-corrected chi connectivity index (χ1v) is 13.3. The summed E-state index contributed by atoms with van der Waals surface area (Å²) in [5, 5.41) is 11.0.